The number of hydrogen-bond donors (Lipinski definition) is 1. The lowest BCUT2D eigenvalue weighted by molar-refractivity contribution is -0.137. The Balaban J connectivity index is 2.53. The van der Waals surface area contributed by atoms with Gasteiger partial charge < -0.3 is 5.11 Å². The summed E-state index contributed by atoms with van der Waals surface area (Å²) in [5.41, 5.74) is 0. The highest BCUT2D eigenvalue weighted by atomic mass is 32.2. The maximum Gasteiger partial charge on any atom is 0.389 e. The average Bonchev–Trinajstić information content (AvgIpc) is 2.54. The first-order valence-corrected chi connectivity index (χ1v) is 6.95. The Hall–Kier alpha value is -1.09. The molecular formula is C11H12F3NO3S2. The minimum atomic E-state index is -4.26. The summed E-state index contributed by atoms with van der Waals surface area (Å²) in [4.78, 5) is 23.6. The number of carboxylic acids is 1. The second kappa shape index (κ2) is 7.07. The molecule has 0 spiro atoms. The van der Waals surface area contributed by atoms with Gasteiger partial charge in [-0.1, -0.05) is 30.1 Å². The number of hydrogen-bond acceptors (Lipinski definition) is 4. The Morgan fingerprint density at radius 1 is 1.45 bits per heavy atom. The monoisotopic (exact) mass is 327 g/mol. The topological polar surface area (TPSA) is 57.6 Å². The van der Waals surface area contributed by atoms with Crippen LogP contribution in [0.25, 0.3) is 0 Å². The van der Waals surface area contributed by atoms with Crippen molar-refractivity contribution >= 4 is 40.2 Å². The van der Waals surface area contributed by atoms with Crippen molar-refractivity contribution in [2.75, 3.05) is 6.54 Å². The van der Waals surface area contributed by atoms with Crippen LogP contribution in [0.4, 0.5) is 13.2 Å². The molecule has 112 valence electrons. The van der Waals surface area contributed by atoms with Gasteiger partial charge in [-0.05, 0) is 12.8 Å². The van der Waals surface area contributed by atoms with Gasteiger partial charge in [0.15, 0.2) is 0 Å². The van der Waals surface area contributed by atoms with Crippen LogP contribution in [0.2, 0.25) is 0 Å². The van der Waals surface area contributed by atoms with Crippen LogP contribution in [0.15, 0.2) is 11.0 Å². The summed E-state index contributed by atoms with van der Waals surface area (Å²) in [5.74, 6) is -1.43. The summed E-state index contributed by atoms with van der Waals surface area (Å²) in [6.07, 6.45) is -4.14. The number of thiocarbonyl (C=S) groups is 1. The number of carboxylic acid groups (broad SMARTS) is 1. The van der Waals surface area contributed by atoms with Crippen LogP contribution in [-0.2, 0) is 9.59 Å². The fourth-order valence-electron chi connectivity index (χ4n) is 1.49. The van der Waals surface area contributed by atoms with Gasteiger partial charge in [-0.25, -0.2) is 0 Å². The molecule has 0 aliphatic carbocycles. The van der Waals surface area contributed by atoms with Gasteiger partial charge in [-0.2, -0.15) is 13.2 Å². The Kier molecular flexibility index (Phi) is 6.00. The second-order valence-electron chi connectivity index (χ2n) is 4.04. The molecule has 0 aromatic carbocycles. The van der Waals surface area contributed by atoms with Crippen LogP contribution in [0.1, 0.15) is 25.7 Å². The maximum atomic E-state index is 12.0. The molecule has 0 atom stereocenters. The Morgan fingerprint density at radius 2 is 2.10 bits per heavy atom. The number of allylic oxidation sites excluding steroid dienone is 1. The number of carbonyl (C=O) groups is 2. The highest BCUT2D eigenvalue weighted by Gasteiger charge is 2.32. The van der Waals surface area contributed by atoms with E-state index in [2.05, 4.69) is 0 Å². The van der Waals surface area contributed by atoms with Crippen molar-refractivity contribution in [2.24, 2.45) is 0 Å². The molecule has 0 aromatic rings. The predicted octanol–water partition coefficient (Wildman–Crippen LogP) is 2.94. The van der Waals surface area contributed by atoms with E-state index in [4.69, 9.17) is 17.3 Å². The van der Waals surface area contributed by atoms with Gasteiger partial charge >= 0.3 is 12.1 Å². The SMILES string of the molecule is O=C(O)CCCN1C(=O)/C(=C/CCC(F)(F)F)SC1=S. The molecular weight excluding hydrogens is 315 g/mol. The van der Waals surface area contributed by atoms with Crippen molar-refractivity contribution in [3.8, 4) is 0 Å². The quantitative estimate of drug-likeness (QED) is 0.600. The van der Waals surface area contributed by atoms with E-state index in [-0.39, 0.29) is 35.0 Å². The van der Waals surface area contributed by atoms with E-state index in [9.17, 15) is 22.8 Å². The van der Waals surface area contributed by atoms with Gasteiger partial charge in [0.1, 0.15) is 4.32 Å². The van der Waals surface area contributed by atoms with E-state index in [1.807, 2.05) is 0 Å². The number of halogens is 3. The third-order valence-electron chi connectivity index (χ3n) is 2.40. The first-order valence-electron chi connectivity index (χ1n) is 5.73. The number of aliphatic carboxylic acids is 1. The molecule has 1 fully saturated rings. The van der Waals surface area contributed by atoms with Gasteiger partial charge in [-0.3, -0.25) is 14.5 Å². The molecule has 0 bridgehead atoms. The second-order valence-corrected chi connectivity index (χ2v) is 5.72. The summed E-state index contributed by atoms with van der Waals surface area (Å²) in [6, 6.07) is 0. The van der Waals surface area contributed by atoms with E-state index in [1.54, 1.807) is 0 Å². The van der Waals surface area contributed by atoms with Crippen molar-refractivity contribution in [1.82, 2.24) is 4.90 Å². The van der Waals surface area contributed by atoms with Gasteiger partial charge in [0.25, 0.3) is 5.91 Å². The maximum absolute atomic E-state index is 12.0. The molecule has 1 heterocycles. The van der Waals surface area contributed by atoms with Crippen LogP contribution in [0.3, 0.4) is 0 Å². The van der Waals surface area contributed by atoms with Gasteiger partial charge in [0.05, 0.1) is 4.91 Å². The number of thioether (sulfide) groups is 1. The molecule has 1 amide bonds. The van der Waals surface area contributed by atoms with Crippen LogP contribution in [-0.4, -0.2) is 38.9 Å². The molecule has 4 nitrogen and oxygen atoms in total. The van der Waals surface area contributed by atoms with Crippen molar-refractivity contribution < 1.29 is 27.9 Å². The first-order chi connectivity index (χ1) is 9.20. The van der Waals surface area contributed by atoms with Gasteiger partial charge in [0, 0.05) is 19.4 Å². The third-order valence-corrected chi connectivity index (χ3v) is 3.83. The average molecular weight is 327 g/mol. The number of carbonyl (C=O) groups excluding carboxylic acids is 1. The molecule has 0 unspecified atom stereocenters. The van der Waals surface area contributed by atoms with Crippen LogP contribution in [0.5, 0.6) is 0 Å². The molecule has 1 aliphatic rings. The zero-order valence-electron chi connectivity index (χ0n) is 10.3. The zero-order valence-corrected chi connectivity index (χ0v) is 11.9. The van der Waals surface area contributed by atoms with Crippen molar-refractivity contribution in [1.29, 1.82) is 0 Å². The summed E-state index contributed by atoms with van der Waals surface area (Å²) >= 11 is 5.90. The van der Waals surface area contributed by atoms with Crippen LogP contribution in [0, 0.1) is 0 Å². The lowest BCUT2D eigenvalue weighted by atomic mass is 10.2. The zero-order chi connectivity index (χ0) is 15.3. The third kappa shape index (κ3) is 5.49. The molecule has 1 aliphatic heterocycles. The van der Waals surface area contributed by atoms with Crippen LogP contribution < -0.4 is 0 Å². The minimum absolute atomic E-state index is 0.0931. The number of amides is 1. The number of rotatable bonds is 6. The Bertz CT molecular complexity index is 449. The molecule has 0 aromatic heterocycles. The van der Waals surface area contributed by atoms with Crippen LogP contribution >= 0.6 is 24.0 Å². The van der Waals surface area contributed by atoms with Gasteiger partial charge in [-0.15, -0.1) is 0 Å². The highest BCUT2D eigenvalue weighted by Crippen LogP contribution is 2.32. The smallest absolute Gasteiger partial charge is 0.389 e. The van der Waals surface area contributed by atoms with E-state index in [1.165, 1.54) is 11.0 Å². The highest BCUT2D eigenvalue weighted by molar-refractivity contribution is 8.26. The summed E-state index contributed by atoms with van der Waals surface area (Å²) in [6.45, 7) is 0.160. The predicted molar refractivity (Wildman–Crippen MR) is 72.1 cm³/mol. The molecule has 20 heavy (non-hydrogen) atoms. The van der Waals surface area contributed by atoms with Crippen molar-refractivity contribution in [3.05, 3.63) is 11.0 Å². The molecule has 0 saturated carbocycles. The van der Waals surface area contributed by atoms with E-state index < -0.39 is 24.5 Å². The Labute approximate surface area is 123 Å². The van der Waals surface area contributed by atoms with Crippen molar-refractivity contribution in [2.45, 2.75) is 31.9 Å². The summed E-state index contributed by atoms with van der Waals surface area (Å²) in [7, 11) is 0. The molecule has 1 saturated heterocycles. The lowest BCUT2D eigenvalue weighted by Gasteiger charge is -2.13. The van der Waals surface area contributed by atoms with E-state index in [0.717, 1.165) is 11.8 Å². The first kappa shape index (κ1) is 17.0. The Morgan fingerprint density at radius 3 is 2.65 bits per heavy atom. The molecule has 9 heteroatoms. The normalized spacial score (nSPS) is 18.1. The fourth-order valence-corrected chi connectivity index (χ4v) is 2.80. The van der Waals surface area contributed by atoms with Crippen molar-refractivity contribution in [3.63, 3.8) is 0 Å². The summed E-state index contributed by atoms with van der Waals surface area (Å²) in [5, 5.41) is 8.50. The number of alkyl halides is 3. The molecule has 0 radical (unpaired) electrons. The standard InChI is InChI=1S/C11H12F3NO3S2/c12-11(13,14)5-1-3-7-9(18)15(10(19)20-7)6-2-4-8(16)17/h3H,1-2,4-6H2,(H,16,17)/b7-3-. The molecule has 1 rings (SSSR count). The fraction of sp³-hybridized carbons (Fsp3) is 0.545. The summed E-state index contributed by atoms with van der Waals surface area (Å²) < 4.78 is 36.3. The largest absolute Gasteiger partial charge is 0.481 e. The van der Waals surface area contributed by atoms with E-state index in [0.29, 0.717) is 0 Å². The van der Waals surface area contributed by atoms with Gasteiger partial charge in [0.2, 0.25) is 0 Å². The molecule has 1 N–H and O–H groups in total. The number of nitrogens with zero attached hydrogens (tertiary/aromatic N) is 1. The minimum Gasteiger partial charge on any atom is -0.481 e. The van der Waals surface area contributed by atoms with E-state index >= 15 is 0 Å². The lowest BCUT2D eigenvalue weighted by Crippen LogP contribution is -2.29.